The van der Waals surface area contributed by atoms with Crippen LogP contribution in [0.5, 0.6) is 0 Å². The van der Waals surface area contributed by atoms with Crippen molar-refractivity contribution in [3.05, 3.63) is 35.4 Å². The molecule has 0 saturated heterocycles. The van der Waals surface area contributed by atoms with E-state index in [1.165, 1.54) is 11.1 Å². The molecule has 1 aromatic carbocycles. The minimum atomic E-state index is -0.618. The number of hydrogen-bond acceptors (Lipinski definition) is 1. The maximum Gasteiger partial charge on any atom is 0.310 e. The van der Waals surface area contributed by atoms with E-state index >= 15 is 0 Å². The van der Waals surface area contributed by atoms with Crippen LogP contribution in [0.25, 0.3) is 0 Å². The third kappa shape index (κ3) is 0.796. The van der Waals surface area contributed by atoms with Gasteiger partial charge in [-0.1, -0.05) is 31.2 Å². The van der Waals surface area contributed by atoms with Crippen LogP contribution in [-0.4, -0.2) is 11.1 Å². The number of hydrogen-bond donors (Lipinski definition) is 1. The van der Waals surface area contributed by atoms with Crippen molar-refractivity contribution in [1.82, 2.24) is 0 Å². The first-order chi connectivity index (χ1) is 7.10. The van der Waals surface area contributed by atoms with E-state index in [1.807, 2.05) is 12.1 Å². The molecule has 0 bridgehead atoms. The lowest BCUT2D eigenvalue weighted by molar-refractivity contribution is -0.161. The van der Waals surface area contributed by atoms with Gasteiger partial charge in [0.25, 0.3) is 0 Å². The van der Waals surface area contributed by atoms with Gasteiger partial charge in [-0.05, 0) is 30.4 Å². The minimum Gasteiger partial charge on any atom is -0.481 e. The summed E-state index contributed by atoms with van der Waals surface area (Å²) in [6.45, 7) is 2.11. The smallest absolute Gasteiger partial charge is 0.310 e. The number of carboxylic acid groups (broad SMARTS) is 1. The van der Waals surface area contributed by atoms with Crippen molar-refractivity contribution in [2.45, 2.75) is 31.6 Å². The number of carbonyl (C=O) groups is 1. The molecule has 2 unspecified atom stereocenters. The van der Waals surface area contributed by atoms with Crippen LogP contribution in [0.3, 0.4) is 0 Å². The normalized spacial score (nSPS) is 36.6. The summed E-state index contributed by atoms with van der Waals surface area (Å²) in [7, 11) is 0. The summed E-state index contributed by atoms with van der Waals surface area (Å²) in [5.41, 5.74) is 1.88. The topological polar surface area (TPSA) is 37.3 Å². The summed E-state index contributed by atoms with van der Waals surface area (Å²) in [6.07, 6.45) is 2.55. The second-order valence-corrected chi connectivity index (χ2v) is 5.05. The third-order valence-corrected chi connectivity index (χ3v) is 4.62. The fraction of sp³-hybridized carbons (Fsp3) is 0.462. The molecule has 2 heteroatoms. The Morgan fingerprint density at radius 2 is 2.07 bits per heavy atom. The van der Waals surface area contributed by atoms with E-state index in [0.717, 1.165) is 19.3 Å². The van der Waals surface area contributed by atoms with E-state index in [9.17, 15) is 9.90 Å². The van der Waals surface area contributed by atoms with Crippen LogP contribution in [0, 0.1) is 5.41 Å². The molecular weight excluding hydrogens is 188 g/mol. The van der Waals surface area contributed by atoms with Crippen LogP contribution in [0.2, 0.25) is 0 Å². The first-order valence-electron chi connectivity index (χ1n) is 5.42. The molecule has 0 heterocycles. The standard InChI is InChI=1S/C13H14O2/c1-12-6-7-13(12,11(14)15)8-9-4-2-3-5-10(9)12/h2-5H,6-8H2,1H3,(H,14,15). The predicted molar refractivity (Wildman–Crippen MR) is 56.8 cm³/mol. The predicted octanol–water partition coefficient (Wildman–Crippen LogP) is 2.37. The molecule has 0 aliphatic heterocycles. The molecule has 0 amide bonds. The summed E-state index contributed by atoms with van der Waals surface area (Å²) < 4.78 is 0. The Bertz CT molecular complexity index is 452. The third-order valence-electron chi connectivity index (χ3n) is 4.62. The maximum absolute atomic E-state index is 11.5. The molecule has 1 saturated carbocycles. The van der Waals surface area contributed by atoms with Gasteiger partial charge in [-0.2, -0.15) is 0 Å². The van der Waals surface area contributed by atoms with Crippen molar-refractivity contribution in [3.63, 3.8) is 0 Å². The van der Waals surface area contributed by atoms with Crippen molar-refractivity contribution in [1.29, 1.82) is 0 Å². The fourth-order valence-corrected chi connectivity index (χ4v) is 3.43. The molecule has 0 aromatic heterocycles. The molecule has 78 valence electrons. The van der Waals surface area contributed by atoms with E-state index in [0.29, 0.717) is 0 Å². The first-order valence-corrected chi connectivity index (χ1v) is 5.42. The van der Waals surface area contributed by atoms with E-state index in [1.54, 1.807) is 0 Å². The quantitative estimate of drug-likeness (QED) is 0.759. The highest BCUT2D eigenvalue weighted by atomic mass is 16.4. The maximum atomic E-state index is 11.5. The Labute approximate surface area is 88.9 Å². The van der Waals surface area contributed by atoms with Gasteiger partial charge in [0, 0.05) is 5.41 Å². The van der Waals surface area contributed by atoms with Crippen molar-refractivity contribution < 1.29 is 9.90 Å². The van der Waals surface area contributed by atoms with Gasteiger partial charge in [0.1, 0.15) is 0 Å². The van der Waals surface area contributed by atoms with Gasteiger partial charge in [-0.25, -0.2) is 0 Å². The van der Waals surface area contributed by atoms with Crippen LogP contribution in [-0.2, 0) is 16.6 Å². The number of benzene rings is 1. The van der Waals surface area contributed by atoms with Gasteiger partial charge in [0.05, 0.1) is 5.41 Å². The summed E-state index contributed by atoms with van der Waals surface area (Å²) in [4.78, 5) is 11.5. The molecular formula is C13H14O2. The Hall–Kier alpha value is -1.31. The van der Waals surface area contributed by atoms with Gasteiger partial charge < -0.3 is 5.11 Å². The highest BCUT2D eigenvalue weighted by molar-refractivity contribution is 5.81. The molecule has 2 nitrogen and oxygen atoms in total. The van der Waals surface area contributed by atoms with E-state index < -0.39 is 11.4 Å². The SMILES string of the molecule is CC12CCC1(C(=O)O)Cc1ccccc12. The molecule has 1 aromatic rings. The first kappa shape index (κ1) is 8.96. The lowest BCUT2D eigenvalue weighted by atomic mass is 9.50. The van der Waals surface area contributed by atoms with Gasteiger partial charge in [0.2, 0.25) is 0 Å². The monoisotopic (exact) mass is 202 g/mol. The van der Waals surface area contributed by atoms with Gasteiger partial charge in [-0.3, -0.25) is 4.79 Å². The lowest BCUT2D eigenvalue weighted by Crippen LogP contribution is -2.55. The largest absolute Gasteiger partial charge is 0.481 e. The second kappa shape index (κ2) is 2.43. The average Bonchev–Trinajstić information content (AvgIpc) is 2.38. The van der Waals surface area contributed by atoms with Crippen LogP contribution >= 0.6 is 0 Å². The molecule has 3 rings (SSSR count). The summed E-state index contributed by atoms with van der Waals surface area (Å²) in [5.74, 6) is -0.618. The molecule has 2 aliphatic carbocycles. The molecule has 0 spiro atoms. The fourth-order valence-electron chi connectivity index (χ4n) is 3.43. The van der Waals surface area contributed by atoms with Crippen molar-refractivity contribution >= 4 is 5.97 Å². The zero-order valence-electron chi connectivity index (χ0n) is 8.79. The highest BCUT2D eigenvalue weighted by Crippen LogP contribution is 2.64. The van der Waals surface area contributed by atoms with Crippen molar-refractivity contribution in [3.8, 4) is 0 Å². The summed E-state index contributed by atoms with van der Waals surface area (Å²) >= 11 is 0. The number of rotatable bonds is 1. The van der Waals surface area contributed by atoms with E-state index in [-0.39, 0.29) is 5.41 Å². The number of carboxylic acids is 1. The zero-order chi connectivity index (χ0) is 10.7. The van der Waals surface area contributed by atoms with Crippen molar-refractivity contribution in [2.75, 3.05) is 0 Å². The molecule has 1 N–H and O–H groups in total. The molecule has 2 aliphatic rings. The van der Waals surface area contributed by atoms with Crippen LogP contribution in [0.4, 0.5) is 0 Å². The second-order valence-electron chi connectivity index (χ2n) is 5.05. The average molecular weight is 202 g/mol. The Morgan fingerprint density at radius 3 is 2.67 bits per heavy atom. The lowest BCUT2D eigenvalue weighted by Gasteiger charge is -2.51. The van der Waals surface area contributed by atoms with Crippen LogP contribution in [0.1, 0.15) is 30.9 Å². The Kier molecular flexibility index (Phi) is 1.45. The van der Waals surface area contributed by atoms with Gasteiger partial charge >= 0.3 is 5.97 Å². The number of fused-ring (bicyclic) bond motifs is 3. The number of aliphatic carboxylic acids is 1. The van der Waals surface area contributed by atoms with Crippen LogP contribution in [0.15, 0.2) is 24.3 Å². The van der Waals surface area contributed by atoms with Crippen molar-refractivity contribution in [2.24, 2.45) is 5.41 Å². The van der Waals surface area contributed by atoms with Gasteiger partial charge in [-0.15, -0.1) is 0 Å². The minimum absolute atomic E-state index is 0.116. The van der Waals surface area contributed by atoms with E-state index in [4.69, 9.17) is 0 Å². The summed E-state index contributed by atoms with van der Waals surface area (Å²) in [5, 5.41) is 9.43. The molecule has 2 atom stereocenters. The van der Waals surface area contributed by atoms with Crippen LogP contribution < -0.4 is 0 Å². The van der Waals surface area contributed by atoms with E-state index in [2.05, 4.69) is 19.1 Å². The Morgan fingerprint density at radius 1 is 1.33 bits per heavy atom. The summed E-state index contributed by atoms with van der Waals surface area (Å²) in [6, 6.07) is 8.19. The molecule has 0 radical (unpaired) electrons. The molecule has 15 heavy (non-hydrogen) atoms. The zero-order valence-corrected chi connectivity index (χ0v) is 8.79. The highest BCUT2D eigenvalue weighted by Gasteiger charge is 2.65. The van der Waals surface area contributed by atoms with Gasteiger partial charge in [0.15, 0.2) is 0 Å². The molecule has 1 fully saturated rings. The Balaban J connectivity index is 2.20.